The van der Waals surface area contributed by atoms with Crippen molar-refractivity contribution in [3.8, 4) is 11.1 Å². The average molecular weight is 439 g/mol. The third-order valence-corrected chi connectivity index (χ3v) is 5.79. The summed E-state index contributed by atoms with van der Waals surface area (Å²) in [4.78, 5) is 35.9. The monoisotopic (exact) mass is 438 g/mol. The zero-order valence-electron chi connectivity index (χ0n) is 18.7. The molecule has 7 nitrogen and oxygen atoms in total. The minimum atomic E-state index is -0.920. The topological polar surface area (TPSA) is 105 Å². The van der Waals surface area contributed by atoms with E-state index in [1.807, 2.05) is 36.4 Å². The minimum absolute atomic E-state index is 0.0517. The molecule has 7 heteroatoms. The molecule has 2 amide bonds. The summed E-state index contributed by atoms with van der Waals surface area (Å²) in [7, 11) is 0. The van der Waals surface area contributed by atoms with Crippen LogP contribution in [0, 0.1) is 0 Å². The van der Waals surface area contributed by atoms with E-state index in [4.69, 9.17) is 9.84 Å². The summed E-state index contributed by atoms with van der Waals surface area (Å²) in [6.45, 7) is 5.47. The van der Waals surface area contributed by atoms with E-state index in [2.05, 4.69) is 22.8 Å². The average Bonchev–Trinajstić information content (AvgIpc) is 3.08. The number of hydrogen-bond donors (Lipinski definition) is 3. The minimum Gasteiger partial charge on any atom is -0.481 e. The molecule has 0 saturated heterocycles. The zero-order chi connectivity index (χ0) is 23.3. The molecule has 2 aromatic rings. The van der Waals surface area contributed by atoms with Crippen molar-refractivity contribution in [1.82, 2.24) is 10.6 Å². The molecule has 0 bridgehead atoms. The summed E-state index contributed by atoms with van der Waals surface area (Å²) in [5, 5.41) is 14.3. The van der Waals surface area contributed by atoms with Gasteiger partial charge in [-0.3, -0.25) is 9.59 Å². The summed E-state index contributed by atoms with van der Waals surface area (Å²) >= 11 is 0. The molecule has 3 N–H and O–H groups in total. The molecule has 0 heterocycles. The third-order valence-electron chi connectivity index (χ3n) is 5.79. The van der Waals surface area contributed by atoms with Crippen molar-refractivity contribution < 1.29 is 24.2 Å². The van der Waals surface area contributed by atoms with Gasteiger partial charge in [-0.2, -0.15) is 0 Å². The van der Waals surface area contributed by atoms with Crippen molar-refractivity contribution in [1.29, 1.82) is 0 Å². The van der Waals surface area contributed by atoms with Crippen LogP contribution in [0.25, 0.3) is 11.1 Å². The SMILES string of the molecule is CC[C@H](NC(=O)OCC1c2ccccc2-c2ccccc21)C(=O)NC(C)(C)CCC(=O)O. The van der Waals surface area contributed by atoms with E-state index in [0.717, 1.165) is 22.3 Å². The normalized spacial score (nSPS) is 13.6. The van der Waals surface area contributed by atoms with Crippen LogP contribution in [-0.4, -0.2) is 41.3 Å². The van der Waals surface area contributed by atoms with Crippen LogP contribution in [0.5, 0.6) is 0 Å². The maximum Gasteiger partial charge on any atom is 0.407 e. The van der Waals surface area contributed by atoms with Crippen molar-refractivity contribution in [2.75, 3.05) is 6.61 Å². The van der Waals surface area contributed by atoms with Crippen molar-refractivity contribution in [3.05, 3.63) is 59.7 Å². The fraction of sp³-hybridized carbons (Fsp3) is 0.400. The Morgan fingerprint density at radius 2 is 1.59 bits per heavy atom. The number of carboxylic acid groups (broad SMARTS) is 1. The second-order valence-corrected chi connectivity index (χ2v) is 8.70. The van der Waals surface area contributed by atoms with Crippen LogP contribution in [0.1, 0.15) is 57.1 Å². The first kappa shape index (κ1) is 23.3. The molecule has 1 aliphatic carbocycles. The van der Waals surface area contributed by atoms with Crippen LogP contribution in [0.2, 0.25) is 0 Å². The quantitative estimate of drug-likeness (QED) is 0.548. The van der Waals surface area contributed by atoms with Crippen LogP contribution >= 0.6 is 0 Å². The number of rotatable bonds is 9. The molecule has 0 aromatic heterocycles. The lowest BCUT2D eigenvalue weighted by Gasteiger charge is -2.28. The van der Waals surface area contributed by atoms with Gasteiger partial charge in [-0.25, -0.2) is 4.79 Å². The number of fused-ring (bicyclic) bond motifs is 3. The third kappa shape index (κ3) is 5.46. The van der Waals surface area contributed by atoms with Crippen molar-refractivity contribution in [3.63, 3.8) is 0 Å². The number of ether oxygens (including phenoxy) is 1. The fourth-order valence-electron chi connectivity index (χ4n) is 4.04. The Labute approximate surface area is 188 Å². The molecule has 3 rings (SSSR count). The van der Waals surface area contributed by atoms with Gasteiger partial charge in [0.1, 0.15) is 12.6 Å². The van der Waals surface area contributed by atoms with Gasteiger partial charge in [0.25, 0.3) is 0 Å². The Morgan fingerprint density at radius 1 is 1.03 bits per heavy atom. The second-order valence-electron chi connectivity index (χ2n) is 8.70. The summed E-state index contributed by atoms with van der Waals surface area (Å²) in [5.74, 6) is -1.34. The predicted octanol–water partition coefficient (Wildman–Crippen LogP) is 4.06. The largest absolute Gasteiger partial charge is 0.481 e. The first-order valence-electron chi connectivity index (χ1n) is 10.9. The van der Waals surface area contributed by atoms with E-state index in [1.165, 1.54) is 0 Å². The van der Waals surface area contributed by atoms with Gasteiger partial charge >= 0.3 is 12.1 Å². The lowest BCUT2D eigenvalue weighted by molar-refractivity contribution is -0.138. The van der Waals surface area contributed by atoms with Gasteiger partial charge in [-0.05, 0) is 48.9 Å². The Balaban J connectivity index is 1.59. The molecule has 32 heavy (non-hydrogen) atoms. The van der Waals surface area contributed by atoms with Crippen molar-refractivity contribution >= 4 is 18.0 Å². The molecule has 0 aliphatic heterocycles. The summed E-state index contributed by atoms with van der Waals surface area (Å²) in [5.41, 5.74) is 3.82. The highest BCUT2D eigenvalue weighted by atomic mass is 16.5. The van der Waals surface area contributed by atoms with E-state index in [9.17, 15) is 14.4 Å². The number of nitrogens with one attached hydrogen (secondary N) is 2. The van der Waals surface area contributed by atoms with Gasteiger partial charge in [-0.15, -0.1) is 0 Å². The second kappa shape index (κ2) is 9.85. The number of carbonyl (C=O) groups is 3. The van der Waals surface area contributed by atoms with E-state index < -0.39 is 23.6 Å². The Kier molecular flexibility index (Phi) is 7.18. The van der Waals surface area contributed by atoms with Gasteiger partial charge in [-0.1, -0.05) is 55.5 Å². The standard InChI is InChI=1S/C25H30N2O5/c1-4-21(23(30)27-25(2,3)14-13-22(28)29)26-24(31)32-15-20-18-11-7-5-9-16(18)17-10-6-8-12-19(17)20/h5-12,20-21H,4,13-15H2,1-3H3,(H,26,31)(H,27,30)(H,28,29)/t21-/m0/s1. The molecule has 0 unspecified atom stereocenters. The lowest BCUT2D eigenvalue weighted by Crippen LogP contribution is -2.53. The Morgan fingerprint density at radius 3 is 2.12 bits per heavy atom. The number of benzene rings is 2. The smallest absolute Gasteiger partial charge is 0.407 e. The van der Waals surface area contributed by atoms with Gasteiger partial charge in [0.05, 0.1) is 0 Å². The van der Waals surface area contributed by atoms with Crippen molar-refractivity contribution in [2.24, 2.45) is 0 Å². The maximum absolute atomic E-state index is 12.6. The van der Waals surface area contributed by atoms with Crippen LogP contribution in [0.3, 0.4) is 0 Å². The molecule has 0 saturated carbocycles. The van der Waals surface area contributed by atoms with Crippen molar-refractivity contribution in [2.45, 2.75) is 57.5 Å². The highest BCUT2D eigenvalue weighted by molar-refractivity contribution is 5.86. The number of carbonyl (C=O) groups excluding carboxylic acids is 2. The van der Waals surface area contributed by atoms with Crippen LogP contribution < -0.4 is 10.6 Å². The van der Waals surface area contributed by atoms with Gasteiger partial charge in [0.15, 0.2) is 0 Å². The molecule has 170 valence electrons. The Bertz CT molecular complexity index is 956. The number of alkyl carbamates (subject to hydrolysis) is 1. The van der Waals surface area contributed by atoms with E-state index in [1.54, 1.807) is 20.8 Å². The highest BCUT2D eigenvalue weighted by Gasteiger charge is 2.30. The summed E-state index contributed by atoms with van der Waals surface area (Å²) in [6.07, 6.45) is -0.0399. The van der Waals surface area contributed by atoms with Gasteiger partial charge in [0, 0.05) is 17.9 Å². The summed E-state index contributed by atoms with van der Waals surface area (Å²) < 4.78 is 5.52. The molecular formula is C25H30N2O5. The number of carboxylic acids is 1. The maximum atomic E-state index is 12.6. The van der Waals surface area contributed by atoms with E-state index in [0.29, 0.717) is 6.42 Å². The first-order chi connectivity index (χ1) is 15.2. The summed E-state index contributed by atoms with van der Waals surface area (Å²) in [6, 6.07) is 15.4. The zero-order valence-corrected chi connectivity index (χ0v) is 18.7. The molecule has 1 aliphatic rings. The van der Waals surface area contributed by atoms with E-state index in [-0.39, 0.29) is 31.3 Å². The number of amides is 2. The molecule has 0 spiro atoms. The fourth-order valence-corrected chi connectivity index (χ4v) is 4.04. The van der Waals surface area contributed by atoms with Crippen LogP contribution in [0.4, 0.5) is 4.79 Å². The van der Waals surface area contributed by atoms with E-state index >= 15 is 0 Å². The van der Waals surface area contributed by atoms with Crippen LogP contribution in [0.15, 0.2) is 48.5 Å². The van der Waals surface area contributed by atoms with Crippen LogP contribution in [-0.2, 0) is 14.3 Å². The molecule has 0 radical (unpaired) electrons. The molecule has 2 aromatic carbocycles. The van der Waals surface area contributed by atoms with Gasteiger partial charge < -0.3 is 20.5 Å². The number of aliphatic carboxylic acids is 1. The predicted molar refractivity (Wildman–Crippen MR) is 121 cm³/mol. The first-order valence-corrected chi connectivity index (χ1v) is 10.9. The number of hydrogen-bond acceptors (Lipinski definition) is 4. The Hall–Kier alpha value is -3.35. The molecule has 1 atom stereocenters. The lowest BCUT2D eigenvalue weighted by atomic mass is 9.97. The molecule has 0 fully saturated rings. The van der Waals surface area contributed by atoms with Gasteiger partial charge in [0.2, 0.25) is 5.91 Å². The molecular weight excluding hydrogens is 408 g/mol. The highest BCUT2D eigenvalue weighted by Crippen LogP contribution is 2.44.